The van der Waals surface area contributed by atoms with E-state index in [0.29, 0.717) is 72.2 Å². The van der Waals surface area contributed by atoms with Gasteiger partial charge in [0.1, 0.15) is 35.6 Å². The number of nitrogens with one attached hydrogen (secondary N) is 2. The second kappa shape index (κ2) is 18.0. The lowest BCUT2D eigenvalue weighted by Gasteiger charge is -2.34. The molecule has 2 heterocycles. The number of amides is 1. The second-order valence-electron chi connectivity index (χ2n) is 15.7. The minimum atomic E-state index is -1.04. The number of alkyl halides is 1. The molecule has 0 aromatic heterocycles. The molecule has 0 unspecified atom stereocenters. The van der Waals surface area contributed by atoms with E-state index in [0.717, 1.165) is 78.9 Å². The molecule has 2 N–H and O–H groups in total. The van der Waals surface area contributed by atoms with Gasteiger partial charge < -0.3 is 29.7 Å². The van der Waals surface area contributed by atoms with Gasteiger partial charge in [0.05, 0.1) is 34.9 Å². The number of hydrogen-bond donors (Lipinski definition) is 2. The van der Waals surface area contributed by atoms with E-state index in [2.05, 4.69) is 58.9 Å². The van der Waals surface area contributed by atoms with Gasteiger partial charge in [-0.1, -0.05) is 41.9 Å². The second-order valence-corrected chi connectivity index (χ2v) is 16.1. The van der Waals surface area contributed by atoms with Gasteiger partial charge in [0.2, 0.25) is 5.91 Å². The zero-order chi connectivity index (χ0) is 39.9. The standard InChI is InChI=1S/C46H49ClFN5O4/c1-30-36(6-4-9-41(30)55-19-5-16-53-17-14-46(2,48)15-18-53)37-7-3-8-39-38(37)11-12-42(39)57-44-24-43(56-29-33-21-31(25-49)20-32(22-33)26-50)34(23-40(44)47)27-51-28-35-10-13-45(54)52-35/h3-4,6-9,20-24,35,42,51H,5,10-19,27-29H2,1-2H3,(H,52,54)/t35-,42-/m0/s1. The summed E-state index contributed by atoms with van der Waals surface area (Å²) in [5.74, 6) is 2.00. The topological polar surface area (TPSA) is 120 Å². The third kappa shape index (κ3) is 9.88. The molecule has 0 bridgehead atoms. The molecule has 9 nitrogen and oxygen atoms in total. The number of fused-ring (bicyclic) bond motifs is 1. The Morgan fingerprint density at radius 1 is 0.947 bits per heavy atom. The van der Waals surface area contributed by atoms with E-state index in [4.69, 9.17) is 25.8 Å². The summed E-state index contributed by atoms with van der Waals surface area (Å²) in [5, 5.41) is 25.9. The van der Waals surface area contributed by atoms with Crippen LogP contribution in [0.25, 0.3) is 11.1 Å². The Labute approximate surface area is 339 Å². The first-order chi connectivity index (χ1) is 27.6. The normalized spacial score (nSPS) is 18.7. The number of nitriles is 2. The van der Waals surface area contributed by atoms with Crippen molar-refractivity contribution >= 4 is 17.5 Å². The van der Waals surface area contributed by atoms with Crippen LogP contribution in [0.5, 0.6) is 17.2 Å². The van der Waals surface area contributed by atoms with E-state index in [1.165, 1.54) is 5.56 Å². The molecule has 1 aliphatic carbocycles. The lowest BCUT2D eigenvalue weighted by atomic mass is 9.93. The maximum Gasteiger partial charge on any atom is 0.220 e. The van der Waals surface area contributed by atoms with E-state index < -0.39 is 5.67 Å². The van der Waals surface area contributed by atoms with Crippen molar-refractivity contribution in [2.45, 2.75) is 89.8 Å². The number of halogens is 2. The molecule has 296 valence electrons. The van der Waals surface area contributed by atoms with Gasteiger partial charge in [-0.05, 0) is 116 Å². The largest absolute Gasteiger partial charge is 0.493 e. The Bertz CT molecular complexity index is 2150. The van der Waals surface area contributed by atoms with Gasteiger partial charge in [-0.25, -0.2) is 4.39 Å². The highest BCUT2D eigenvalue weighted by molar-refractivity contribution is 6.32. The molecule has 11 heteroatoms. The zero-order valence-corrected chi connectivity index (χ0v) is 33.4. The lowest BCUT2D eigenvalue weighted by Crippen LogP contribution is -2.40. The van der Waals surface area contributed by atoms with Crippen LogP contribution < -0.4 is 24.8 Å². The van der Waals surface area contributed by atoms with Gasteiger partial charge in [0.25, 0.3) is 0 Å². The van der Waals surface area contributed by atoms with E-state index in [9.17, 15) is 19.7 Å². The molecule has 0 saturated carbocycles. The third-order valence-electron chi connectivity index (χ3n) is 11.4. The number of carbonyl (C=O) groups excluding carboxylic acids is 1. The predicted octanol–water partition coefficient (Wildman–Crippen LogP) is 8.67. The predicted molar refractivity (Wildman–Crippen MR) is 218 cm³/mol. The summed E-state index contributed by atoms with van der Waals surface area (Å²) in [7, 11) is 0. The highest BCUT2D eigenvalue weighted by Gasteiger charge is 2.30. The summed E-state index contributed by atoms with van der Waals surface area (Å²) in [6, 6.07) is 25.5. The molecule has 2 aliphatic heterocycles. The Morgan fingerprint density at radius 2 is 1.70 bits per heavy atom. The Balaban J connectivity index is 1.06. The summed E-state index contributed by atoms with van der Waals surface area (Å²) in [6.07, 6.45) is 4.76. The van der Waals surface area contributed by atoms with E-state index >= 15 is 0 Å². The summed E-state index contributed by atoms with van der Waals surface area (Å²) < 4.78 is 33.6. The van der Waals surface area contributed by atoms with Crippen molar-refractivity contribution in [2.24, 2.45) is 0 Å². The van der Waals surface area contributed by atoms with E-state index in [-0.39, 0.29) is 24.7 Å². The number of piperidine rings is 1. The van der Waals surface area contributed by atoms with Crippen LogP contribution in [0.2, 0.25) is 5.02 Å². The molecule has 4 aromatic rings. The van der Waals surface area contributed by atoms with Gasteiger partial charge in [-0.2, -0.15) is 10.5 Å². The summed E-state index contributed by atoms with van der Waals surface area (Å²) in [5.41, 5.74) is 6.99. The first-order valence-electron chi connectivity index (χ1n) is 19.9. The molecule has 4 aromatic carbocycles. The number of ether oxygens (including phenoxy) is 3. The molecule has 0 spiro atoms. The Kier molecular flexibility index (Phi) is 12.6. The quantitative estimate of drug-likeness (QED) is 0.115. The smallest absolute Gasteiger partial charge is 0.220 e. The van der Waals surface area contributed by atoms with Crippen LogP contribution >= 0.6 is 11.6 Å². The fourth-order valence-electron chi connectivity index (χ4n) is 8.14. The number of rotatable bonds is 15. The molecule has 57 heavy (non-hydrogen) atoms. The molecular weight excluding hydrogens is 741 g/mol. The molecule has 7 rings (SSSR count). The maximum atomic E-state index is 14.2. The molecule has 2 saturated heterocycles. The summed E-state index contributed by atoms with van der Waals surface area (Å²) in [4.78, 5) is 14.1. The van der Waals surface area contributed by atoms with Gasteiger partial charge in [0, 0.05) is 56.8 Å². The average molecular weight is 790 g/mol. The fraction of sp³-hybridized carbons (Fsp3) is 0.413. The molecular formula is C46H49ClFN5O4. The van der Waals surface area contributed by atoms with Gasteiger partial charge >= 0.3 is 0 Å². The van der Waals surface area contributed by atoms with Crippen molar-refractivity contribution in [1.82, 2.24) is 15.5 Å². The van der Waals surface area contributed by atoms with Crippen LogP contribution in [-0.2, 0) is 24.4 Å². The van der Waals surface area contributed by atoms with Crippen LogP contribution in [0.3, 0.4) is 0 Å². The monoisotopic (exact) mass is 789 g/mol. The highest BCUT2D eigenvalue weighted by atomic mass is 35.5. The van der Waals surface area contributed by atoms with Crippen LogP contribution in [0.1, 0.15) is 90.5 Å². The number of nitrogens with zero attached hydrogens (tertiary/aromatic N) is 3. The van der Waals surface area contributed by atoms with Crippen molar-refractivity contribution in [3.63, 3.8) is 0 Å². The minimum absolute atomic E-state index is 0.0642. The summed E-state index contributed by atoms with van der Waals surface area (Å²) in [6.45, 7) is 8.09. The van der Waals surface area contributed by atoms with Crippen molar-refractivity contribution in [2.75, 3.05) is 32.8 Å². The van der Waals surface area contributed by atoms with E-state index in [1.807, 2.05) is 24.3 Å². The van der Waals surface area contributed by atoms with Crippen molar-refractivity contribution in [1.29, 1.82) is 10.5 Å². The number of benzene rings is 4. The molecule has 2 atom stereocenters. The van der Waals surface area contributed by atoms with Crippen molar-refractivity contribution < 1.29 is 23.4 Å². The van der Waals surface area contributed by atoms with Crippen molar-refractivity contribution in [3.8, 4) is 40.5 Å². The van der Waals surface area contributed by atoms with Crippen molar-refractivity contribution in [3.05, 3.63) is 111 Å². The van der Waals surface area contributed by atoms with Crippen LogP contribution in [0.15, 0.2) is 66.7 Å². The highest BCUT2D eigenvalue weighted by Crippen LogP contribution is 2.44. The van der Waals surface area contributed by atoms with Gasteiger partial charge in [-0.3, -0.25) is 4.79 Å². The number of hydrogen-bond acceptors (Lipinski definition) is 8. The first kappa shape index (κ1) is 40.1. The first-order valence-corrected chi connectivity index (χ1v) is 20.3. The van der Waals surface area contributed by atoms with Crippen LogP contribution in [-0.4, -0.2) is 55.3 Å². The molecule has 1 amide bonds. The number of likely N-dealkylation sites (tertiary alicyclic amines) is 1. The van der Waals surface area contributed by atoms with Crippen LogP contribution in [0, 0.1) is 29.6 Å². The zero-order valence-electron chi connectivity index (χ0n) is 32.6. The SMILES string of the molecule is Cc1c(OCCCN2CCC(C)(F)CC2)cccc1-c1cccc2c1CC[C@@H]2Oc1cc(OCc2cc(C#N)cc(C#N)c2)c(CNC[C@@H]2CCC(=O)N2)cc1Cl. The maximum absolute atomic E-state index is 14.2. The Hall–Kier alpha value is -5.13. The van der Waals surface area contributed by atoms with Gasteiger partial charge in [-0.15, -0.1) is 0 Å². The van der Waals surface area contributed by atoms with E-state index in [1.54, 1.807) is 25.1 Å². The average Bonchev–Trinajstić information content (AvgIpc) is 3.83. The van der Waals surface area contributed by atoms with Gasteiger partial charge in [0.15, 0.2) is 0 Å². The molecule has 3 aliphatic rings. The molecule has 0 radical (unpaired) electrons. The lowest BCUT2D eigenvalue weighted by molar-refractivity contribution is -0.119. The fourth-order valence-corrected chi connectivity index (χ4v) is 8.37. The Morgan fingerprint density at radius 3 is 2.44 bits per heavy atom. The van der Waals surface area contributed by atoms with Crippen LogP contribution in [0.4, 0.5) is 4.39 Å². The summed E-state index contributed by atoms with van der Waals surface area (Å²) >= 11 is 6.93. The molecule has 2 fully saturated rings. The minimum Gasteiger partial charge on any atom is -0.493 e. The number of carbonyl (C=O) groups is 1. The third-order valence-corrected chi connectivity index (χ3v) is 11.7.